The van der Waals surface area contributed by atoms with E-state index in [4.69, 9.17) is 4.98 Å². The standard InChI is InChI=1S/C14H11Br2N3/c15-9-7-11-13(8-10(9)16)19-6-2-5-18-4-1-3-12(18)14(19)17-11/h1,3-4,7-8H,2,5-6H2. The Morgan fingerprint density at radius 3 is 2.84 bits per heavy atom. The zero-order chi connectivity index (χ0) is 13.0. The van der Waals surface area contributed by atoms with E-state index in [1.165, 1.54) is 11.2 Å². The number of hydrogen-bond acceptors (Lipinski definition) is 1. The minimum Gasteiger partial charge on any atom is -0.345 e. The van der Waals surface area contributed by atoms with E-state index in [0.29, 0.717) is 0 Å². The normalized spacial score (nSPS) is 14.2. The Morgan fingerprint density at radius 1 is 1.11 bits per heavy atom. The maximum absolute atomic E-state index is 4.82. The minimum atomic E-state index is 1.02. The summed E-state index contributed by atoms with van der Waals surface area (Å²) in [4.78, 5) is 4.82. The molecule has 3 heterocycles. The highest BCUT2D eigenvalue weighted by molar-refractivity contribution is 9.13. The van der Waals surface area contributed by atoms with Crippen molar-refractivity contribution in [2.45, 2.75) is 19.5 Å². The predicted octanol–water partition coefficient (Wildman–Crippen LogP) is 4.43. The second-order valence-corrected chi connectivity index (χ2v) is 6.49. The molecule has 3 aromatic rings. The van der Waals surface area contributed by atoms with Gasteiger partial charge in [-0.05, 0) is 62.5 Å². The largest absolute Gasteiger partial charge is 0.345 e. The van der Waals surface area contributed by atoms with E-state index < -0.39 is 0 Å². The number of fused-ring (bicyclic) bond motifs is 5. The van der Waals surface area contributed by atoms with Crippen molar-refractivity contribution >= 4 is 42.9 Å². The van der Waals surface area contributed by atoms with Gasteiger partial charge in [0.15, 0.2) is 5.82 Å². The van der Waals surface area contributed by atoms with Crippen LogP contribution in [-0.2, 0) is 13.1 Å². The molecule has 96 valence electrons. The monoisotopic (exact) mass is 379 g/mol. The van der Waals surface area contributed by atoms with Gasteiger partial charge in [-0.1, -0.05) is 0 Å². The van der Waals surface area contributed by atoms with Crippen LogP contribution in [0.2, 0.25) is 0 Å². The third-order valence-corrected chi connectivity index (χ3v) is 5.47. The molecule has 0 saturated heterocycles. The first kappa shape index (κ1) is 11.7. The molecule has 1 aliphatic heterocycles. The van der Waals surface area contributed by atoms with Crippen molar-refractivity contribution in [3.63, 3.8) is 0 Å². The van der Waals surface area contributed by atoms with E-state index in [-0.39, 0.29) is 0 Å². The molecule has 0 aliphatic carbocycles. The van der Waals surface area contributed by atoms with E-state index in [2.05, 4.69) is 71.5 Å². The first-order valence-electron chi connectivity index (χ1n) is 6.25. The Kier molecular flexibility index (Phi) is 2.60. The number of aromatic nitrogens is 3. The molecule has 5 heteroatoms. The average Bonchev–Trinajstić information content (AvgIpc) is 2.93. The molecule has 0 bridgehead atoms. The summed E-state index contributed by atoms with van der Waals surface area (Å²) >= 11 is 7.13. The van der Waals surface area contributed by atoms with Crippen molar-refractivity contribution in [1.29, 1.82) is 0 Å². The molecule has 1 aliphatic rings. The molecule has 0 saturated carbocycles. The zero-order valence-electron chi connectivity index (χ0n) is 10.1. The van der Waals surface area contributed by atoms with Gasteiger partial charge in [0.1, 0.15) is 0 Å². The quantitative estimate of drug-likeness (QED) is 0.565. The van der Waals surface area contributed by atoms with Crippen LogP contribution in [0.3, 0.4) is 0 Å². The molecule has 19 heavy (non-hydrogen) atoms. The lowest BCUT2D eigenvalue weighted by molar-refractivity contribution is 0.604. The summed E-state index contributed by atoms with van der Waals surface area (Å²) < 4.78 is 6.73. The van der Waals surface area contributed by atoms with Gasteiger partial charge in [-0.3, -0.25) is 0 Å². The summed E-state index contributed by atoms with van der Waals surface area (Å²) in [6, 6.07) is 8.46. The van der Waals surface area contributed by atoms with Crippen molar-refractivity contribution in [2.75, 3.05) is 0 Å². The van der Waals surface area contributed by atoms with Gasteiger partial charge in [-0.25, -0.2) is 4.98 Å². The zero-order valence-corrected chi connectivity index (χ0v) is 13.3. The van der Waals surface area contributed by atoms with E-state index >= 15 is 0 Å². The molecule has 0 radical (unpaired) electrons. The van der Waals surface area contributed by atoms with Gasteiger partial charge in [0, 0.05) is 28.2 Å². The molecular weight excluding hydrogens is 370 g/mol. The highest BCUT2D eigenvalue weighted by Crippen LogP contribution is 2.33. The Hall–Kier alpha value is -1.07. The fraction of sp³-hybridized carbons (Fsp3) is 0.214. The molecule has 0 N–H and O–H groups in total. The minimum absolute atomic E-state index is 1.02. The molecule has 0 unspecified atom stereocenters. The number of benzene rings is 1. The van der Waals surface area contributed by atoms with Gasteiger partial charge in [0.05, 0.1) is 16.7 Å². The fourth-order valence-corrected chi connectivity index (χ4v) is 3.42. The summed E-state index contributed by atoms with van der Waals surface area (Å²) in [7, 11) is 0. The van der Waals surface area contributed by atoms with E-state index in [0.717, 1.165) is 39.8 Å². The summed E-state index contributed by atoms with van der Waals surface area (Å²) in [6.07, 6.45) is 3.27. The van der Waals surface area contributed by atoms with Gasteiger partial charge in [-0.15, -0.1) is 0 Å². The summed E-state index contributed by atoms with van der Waals surface area (Å²) in [5.41, 5.74) is 3.44. The van der Waals surface area contributed by atoms with Gasteiger partial charge >= 0.3 is 0 Å². The number of aryl methyl sites for hydroxylation is 2. The molecular formula is C14H11Br2N3. The third-order valence-electron chi connectivity index (χ3n) is 3.63. The average molecular weight is 381 g/mol. The second kappa shape index (κ2) is 4.21. The highest BCUT2D eigenvalue weighted by atomic mass is 79.9. The summed E-state index contributed by atoms with van der Waals surface area (Å²) in [5.74, 6) is 1.07. The fourth-order valence-electron chi connectivity index (χ4n) is 2.75. The van der Waals surface area contributed by atoms with Crippen molar-refractivity contribution < 1.29 is 0 Å². The summed E-state index contributed by atoms with van der Waals surface area (Å²) in [6.45, 7) is 2.08. The molecule has 0 spiro atoms. The number of rotatable bonds is 0. The number of halogens is 2. The Labute approximate surface area is 127 Å². The predicted molar refractivity (Wildman–Crippen MR) is 83.2 cm³/mol. The smallest absolute Gasteiger partial charge is 0.157 e. The lowest BCUT2D eigenvalue weighted by atomic mass is 10.3. The number of hydrogen-bond donors (Lipinski definition) is 0. The Balaban J connectivity index is 2.08. The van der Waals surface area contributed by atoms with Gasteiger partial charge < -0.3 is 9.13 Å². The SMILES string of the molecule is Brc1cc2nc3n(c2cc1Br)CCCn1cccc1-3. The van der Waals surface area contributed by atoms with Crippen LogP contribution in [0.25, 0.3) is 22.6 Å². The van der Waals surface area contributed by atoms with Crippen LogP contribution >= 0.6 is 31.9 Å². The van der Waals surface area contributed by atoms with Crippen LogP contribution in [0.15, 0.2) is 39.4 Å². The third kappa shape index (κ3) is 1.71. The van der Waals surface area contributed by atoms with Crippen LogP contribution in [-0.4, -0.2) is 14.1 Å². The molecule has 1 aromatic carbocycles. The Bertz CT molecular complexity index is 785. The number of imidazole rings is 1. The molecule has 3 nitrogen and oxygen atoms in total. The lowest BCUT2D eigenvalue weighted by Gasteiger charge is -2.04. The Morgan fingerprint density at radius 2 is 1.95 bits per heavy atom. The lowest BCUT2D eigenvalue weighted by Crippen LogP contribution is -1.98. The molecule has 0 amide bonds. The van der Waals surface area contributed by atoms with Gasteiger partial charge in [0.2, 0.25) is 0 Å². The van der Waals surface area contributed by atoms with Crippen LogP contribution in [0.4, 0.5) is 0 Å². The highest BCUT2D eigenvalue weighted by Gasteiger charge is 2.18. The van der Waals surface area contributed by atoms with Crippen molar-refractivity contribution in [3.8, 4) is 11.5 Å². The topological polar surface area (TPSA) is 22.8 Å². The van der Waals surface area contributed by atoms with Crippen LogP contribution in [0.1, 0.15) is 6.42 Å². The second-order valence-electron chi connectivity index (χ2n) is 4.78. The van der Waals surface area contributed by atoms with Crippen molar-refractivity contribution in [2.24, 2.45) is 0 Å². The van der Waals surface area contributed by atoms with Crippen LogP contribution in [0.5, 0.6) is 0 Å². The maximum Gasteiger partial charge on any atom is 0.157 e. The van der Waals surface area contributed by atoms with Crippen LogP contribution < -0.4 is 0 Å². The first-order valence-corrected chi connectivity index (χ1v) is 7.83. The van der Waals surface area contributed by atoms with Gasteiger partial charge in [0.25, 0.3) is 0 Å². The molecule has 2 aromatic heterocycles. The molecule has 4 rings (SSSR count). The maximum atomic E-state index is 4.82. The molecule has 0 fully saturated rings. The van der Waals surface area contributed by atoms with E-state index in [9.17, 15) is 0 Å². The van der Waals surface area contributed by atoms with E-state index in [1.807, 2.05) is 0 Å². The van der Waals surface area contributed by atoms with Crippen LogP contribution in [0, 0.1) is 0 Å². The molecule has 0 atom stereocenters. The van der Waals surface area contributed by atoms with Crippen molar-refractivity contribution in [1.82, 2.24) is 14.1 Å². The van der Waals surface area contributed by atoms with Crippen molar-refractivity contribution in [3.05, 3.63) is 39.4 Å². The van der Waals surface area contributed by atoms with E-state index in [1.54, 1.807) is 0 Å². The first-order chi connectivity index (χ1) is 9.24. The van der Waals surface area contributed by atoms with Gasteiger partial charge in [-0.2, -0.15) is 0 Å². The summed E-state index contributed by atoms with van der Waals surface area (Å²) in [5, 5.41) is 0. The number of nitrogens with zero attached hydrogens (tertiary/aromatic N) is 3.